The van der Waals surface area contributed by atoms with Crippen molar-refractivity contribution in [3.05, 3.63) is 76.3 Å². The van der Waals surface area contributed by atoms with E-state index in [0.717, 1.165) is 0 Å². The SMILES string of the molecule is COc1ccc(-c2nc3cc(NC(=O)c4ccccc4[N+](=O)[O-])ccc3o2)cc1OC. The highest BCUT2D eigenvalue weighted by molar-refractivity contribution is 6.07. The van der Waals surface area contributed by atoms with Gasteiger partial charge in [0.25, 0.3) is 11.6 Å². The molecule has 0 unspecified atom stereocenters. The van der Waals surface area contributed by atoms with Crippen LogP contribution in [-0.4, -0.2) is 30.0 Å². The van der Waals surface area contributed by atoms with Crippen molar-refractivity contribution in [2.24, 2.45) is 0 Å². The molecule has 0 bridgehead atoms. The van der Waals surface area contributed by atoms with Gasteiger partial charge in [0.05, 0.1) is 19.1 Å². The number of nitrogens with one attached hydrogen (secondary N) is 1. The number of methoxy groups -OCH3 is 2. The van der Waals surface area contributed by atoms with E-state index in [1.54, 1.807) is 56.7 Å². The summed E-state index contributed by atoms with van der Waals surface area (Å²) >= 11 is 0. The number of carbonyl (C=O) groups excluding carboxylic acids is 1. The number of hydrogen-bond donors (Lipinski definition) is 1. The highest BCUT2D eigenvalue weighted by Crippen LogP contribution is 2.33. The second-order valence-corrected chi connectivity index (χ2v) is 6.50. The second-order valence-electron chi connectivity index (χ2n) is 6.50. The van der Waals surface area contributed by atoms with Gasteiger partial charge in [0.1, 0.15) is 11.1 Å². The van der Waals surface area contributed by atoms with E-state index in [0.29, 0.717) is 39.7 Å². The summed E-state index contributed by atoms with van der Waals surface area (Å²) in [6, 6.07) is 16.0. The Hall–Kier alpha value is -4.40. The third kappa shape index (κ3) is 3.88. The van der Waals surface area contributed by atoms with E-state index in [-0.39, 0.29) is 11.3 Å². The van der Waals surface area contributed by atoms with E-state index in [4.69, 9.17) is 13.9 Å². The molecule has 0 saturated carbocycles. The molecule has 0 aliphatic carbocycles. The number of para-hydroxylation sites is 1. The van der Waals surface area contributed by atoms with E-state index in [1.165, 1.54) is 18.2 Å². The maximum absolute atomic E-state index is 12.5. The van der Waals surface area contributed by atoms with Crippen molar-refractivity contribution in [2.75, 3.05) is 19.5 Å². The van der Waals surface area contributed by atoms with Crippen molar-refractivity contribution in [1.29, 1.82) is 0 Å². The maximum atomic E-state index is 12.5. The lowest BCUT2D eigenvalue weighted by Crippen LogP contribution is -2.13. The molecule has 1 amide bonds. The lowest BCUT2D eigenvalue weighted by molar-refractivity contribution is -0.385. The third-order valence-electron chi connectivity index (χ3n) is 4.62. The van der Waals surface area contributed by atoms with Crippen LogP contribution in [0.3, 0.4) is 0 Å². The zero-order valence-electron chi connectivity index (χ0n) is 16.6. The summed E-state index contributed by atoms with van der Waals surface area (Å²) in [5, 5.41) is 13.8. The first-order valence-electron chi connectivity index (χ1n) is 9.18. The standard InChI is InChI=1S/C22H17N3O6/c1-29-19-9-7-13(11-20(19)30-2)22-24-16-12-14(8-10-18(16)31-22)23-21(26)15-5-3-4-6-17(15)25(27)28/h3-12H,1-2H3,(H,23,26). The Balaban J connectivity index is 1.63. The lowest BCUT2D eigenvalue weighted by atomic mass is 10.1. The molecule has 0 fully saturated rings. The molecule has 9 heteroatoms. The number of carbonyl (C=O) groups is 1. The molecule has 0 atom stereocenters. The minimum atomic E-state index is -0.592. The summed E-state index contributed by atoms with van der Waals surface area (Å²) in [6.45, 7) is 0. The number of nitrogens with zero attached hydrogens (tertiary/aromatic N) is 2. The van der Waals surface area contributed by atoms with Crippen molar-refractivity contribution in [3.63, 3.8) is 0 Å². The molecular weight excluding hydrogens is 402 g/mol. The Morgan fingerprint density at radius 2 is 1.81 bits per heavy atom. The van der Waals surface area contributed by atoms with Gasteiger partial charge in [-0.1, -0.05) is 12.1 Å². The number of amides is 1. The molecule has 3 aromatic carbocycles. The number of fused-ring (bicyclic) bond motifs is 1. The quantitative estimate of drug-likeness (QED) is 0.356. The van der Waals surface area contributed by atoms with Crippen LogP contribution >= 0.6 is 0 Å². The highest BCUT2D eigenvalue weighted by atomic mass is 16.6. The van der Waals surface area contributed by atoms with Gasteiger partial charge >= 0.3 is 0 Å². The van der Waals surface area contributed by atoms with Crippen LogP contribution < -0.4 is 14.8 Å². The summed E-state index contributed by atoms with van der Waals surface area (Å²) in [4.78, 5) is 27.6. The minimum absolute atomic E-state index is 0.0289. The van der Waals surface area contributed by atoms with Gasteiger partial charge in [0.15, 0.2) is 17.1 Å². The molecule has 156 valence electrons. The van der Waals surface area contributed by atoms with Gasteiger partial charge in [-0.3, -0.25) is 14.9 Å². The molecule has 0 aliphatic heterocycles. The van der Waals surface area contributed by atoms with Crippen molar-refractivity contribution in [1.82, 2.24) is 4.98 Å². The largest absolute Gasteiger partial charge is 0.493 e. The first kappa shape index (κ1) is 19.9. The molecular formula is C22H17N3O6. The molecule has 1 heterocycles. The van der Waals surface area contributed by atoms with Crippen LogP contribution in [0.15, 0.2) is 65.1 Å². The van der Waals surface area contributed by atoms with Crippen LogP contribution in [0.25, 0.3) is 22.6 Å². The normalized spacial score (nSPS) is 10.6. The number of ether oxygens (including phenoxy) is 2. The molecule has 0 spiro atoms. The fourth-order valence-electron chi connectivity index (χ4n) is 3.12. The van der Waals surface area contributed by atoms with Crippen LogP contribution in [0.2, 0.25) is 0 Å². The number of hydrogen-bond acceptors (Lipinski definition) is 7. The molecule has 31 heavy (non-hydrogen) atoms. The summed E-state index contributed by atoms with van der Waals surface area (Å²) in [6.07, 6.45) is 0. The number of nitro benzene ring substituents is 1. The van der Waals surface area contributed by atoms with Gasteiger partial charge in [-0.2, -0.15) is 0 Å². The predicted octanol–water partition coefficient (Wildman–Crippen LogP) is 4.67. The smallest absolute Gasteiger partial charge is 0.282 e. The molecule has 0 saturated heterocycles. The van der Waals surface area contributed by atoms with E-state index in [2.05, 4.69) is 10.3 Å². The Labute approximate surface area is 176 Å². The topological polar surface area (TPSA) is 117 Å². The van der Waals surface area contributed by atoms with E-state index >= 15 is 0 Å². The van der Waals surface area contributed by atoms with Gasteiger partial charge in [0, 0.05) is 17.3 Å². The van der Waals surface area contributed by atoms with Crippen LogP contribution in [0.5, 0.6) is 11.5 Å². The zero-order valence-corrected chi connectivity index (χ0v) is 16.6. The summed E-state index contributed by atoms with van der Waals surface area (Å²) in [7, 11) is 3.09. The van der Waals surface area contributed by atoms with Gasteiger partial charge in [0.2, 0.25) is 5.89 Å². The second kappa shape index (κ2) is 8.15. The van der Waals surface area contributed by atoms with Crippen LogP contribution in [0, 0.1) is 10.1 Å². The Bertz CT molecular complexity index is 1300. The van der Waals surface area contributed by atoms with E-state index < -0.39 is 10.8 Å². The van der Waals surface area contributed by atoms with Gasteiger partial charge in [-0.25, -0.2) is 4.98 Å². The molecule has 1 aromatic heterocycles. The van der Waals surface area contributed by atoms with Crippen LogP contribution in [-0.2, 0) is 0 Å². The Morgan fingerprint density at radius 3 is 2.55 bits per heavy atom. The van der Waals surface area contributed by atoms with Crippen molar-refractivity contribution >= 4 is 28.4 Å². The van der Waals surface area contributed by atoms with E-state index in [9.17, 15) is 14.9 Å². The molecule has 0 aliphatic rings. The lowest BCUT2D eigenvalue weighted by Gasteiger charge is -2.07. The first-order valence-corrected chi connectivity index (χ1v) is 9.18. The number of oxazole rings is 1. The third-order valence-corrected chi connectivity index (χ3v) is 4.62. The number of nitro groups is 1. The average molecular weight is 419 g/mol. The summed E-state index contributed by atoms with van der Waals surface area (Å²) in [5.41, 5.74) is 1.87. The average Bonchev–Trinajstić information content (AvgIpc) is 3.22. The fraction of sp³-hybridized carbons (Fsp3) is 0.0909. The molecule has 4 rings (SSSR count). The highest BCUT2D eigenvalue weighted by Gasteiger charge is 2.19. The number of rotatable bonds is 6. The Morgan fingerprint density at radius 1 is 1.03 bits per heavy atom. The van der Waals surface area contributed by atoms with E-state index in [1.807, 2.05) is 0 Å². The van der Waals surface area contributed by atoms with Crippen molar-refractivity contribution in [2.45, 2.75) is 0 Å². The number of aromatic nitrogens is 1. The van der Waals surface area contributed by atoms with Crippen molar-refractivity contribution in [3.8, 4) is 23.0 Å². The van der Waals surface area contributed by atoms with Crippen LogP contribution in [0.1, 0.15) is 10.4 Å². The molecule has 1 N–H and O–H groups in total. The first-order chi connectivity index (χ1) is 15.0. The predicted molar refractivity (Wildman–Crippen MR) is 114 cm³/mol. The van der Waals surface area contributed by atoms with Gasteiger partial charge in [-0.05, 0) is 42.5 Å². The van der Waals surface area contributed by atoms with Crippen LogP contribution in [0.4, 0.5) is 11.4 Å². The van der Waals surface area contributed by atoms with Gasteiger partial charge < -0.3 is 19.2 Å². The molecule has 0 radical (unpaired) electrons. The fourth-order valence-corrected chi connectivity index (χ4v) is 3.12. The monoisotopic (exact) mass is 419 g/mol. The maximum Gasteiger partial charge on any atom is 0.282 e. The summed E-state index contributed by atoms with van der Waals surface area (Å²) in [5.74, 6) is 0.912. The Kier molecular flexibility index (Phi) is 5.23. The number of benzene rings is 3. The number of anilines is 1. The van der Waals surface area contributed by atoms with Gasteiger partial charge in [-0.15, -0.1) is 0 Å². The molecule has 9 nitrogen and oxygen atoms in total. The zero-order chi connectivity index (χ0) is 22.0. The minimum Gasteiger partial charge on any atom is -0.493 e. The molecule has 4 aromatic rings. The van der Waals surface area contributed by atoms with Crippen molar-refractivity contribution < 1.29 is 23.6 Å². The summed E-state index contributed by atoms with van der Waals surface area (Å²) < 4.78 is 16.4.